The topological polar surface area (TPSA) is 0 Å². The molecule has 0 fully saturated rings. The highest BCUT2D eigenvalue weighted by molar-refractivity contribution is 9.10. The van der Waals surface area contributed by atoms with Crippen molar-refractivity contribution in [2.45, 2.75) is 25.6 Å². The van der Waals surface area contributed by atoms with Gasteiger partial charge in [0.1, 0.15) is 5.82 Å². The van der Waals surface area contributed by atoms with Crippen LogP contribution in [-0.2, 0) is 6.42 Å². The van der Waals surface area contributed by atoms with Crippen LogP contribution in [0.1, 0.15) is 19.4 Å². The molecule has 0 aliphatic carbocycles. The van der Waals surface area contributed by atoms with Gasteiger partial charge in [0.25, 0.3) is 0 Å². The number of hydrogen-bond donors (Lipinski definition) is 0. The average Bonchev–Trinajstić information content (AvgIpc) is 2.11. The maximum atomic E-state index is 13.3. The van der Waals surface area contributed by atoms with Gasteiger partial charge in [0.05, 0.1) is 0 Å². The second-order valence-corrected chi connectivity index (χ2v) is 5.18. The van der Waals surface area contributed by atoms with Gasteiger partial charge in [0.15, 0.2) is 0 Å². The first-order chi connectivity index (χ1) is 6.50. The molecule has 0 aromatic heterocycles. The minimum atomic E-state index is -0.181. The standard InChI is InChI=1S/C11H13BrClF/c1-7(2)10(13)6-8-5-9(12)3-4-11(8)14/h3-5,7,10H,6H2,1-2H3. The summed E-state index contributed by atoms with van der Waals surface area (Å²) in [7, 11) is 0. The monoisotopic (exact) mass is 278 g/mol. The maximum absolute atomic E-state index is 13.3. The number of rotatable bonds is 3. The van der Waals surface area contributed by atoms with E-state index >= 15 is 0 Å². The van der Waals surface area contributed by atoms with E-state index in [4.69, 9.17) is 11.6 Å². The molecule has 14 heavy (non-hydrogen) atoms. The van der Waals surface area contributed by atoms with E-state index in [0.717, 1.165) is 4.47 Å². The van der Waals surface area contributed by atoms with E-state index in [1.807, 2.05) is 13.8 Å². The fourth-order valence-electron chi connectivity index (χ4n) is 1.15. The Hall–Kier alpha value is -0.0800. The van der Waals surface area contributed by atoms with Crippen molar-refractivity contribution in [2.75, 3.05) is 0 Å². The van der Waals surface area contributed by atoms with Gasteiger partial charge in [-0.2, -0.15) is 0 Å². The summed E-state index contributed by atoms with van der Waals surface area (Å²) < 4.78 is 14.2. The molecular formula is C11H13BrClF. The first-order valence-corrected chi connectivity index (χ1v) is 5.81. The lowest BCUT2D eigenvalue weighted by Gasteiger charge is -2.13. The number of hydrogen-bond acceptors (Lipinski definition) is 0. The highest BCUT2D eigenvalue weighted by Gasteiger charge is 2.13. The summed E-state index contributed by atoms with van der Waals surface area (Å²) in [6.07, 6.45) is 0.574. The van der Waals surface area contributed by atoms with Crippen molar-refractivity contribution in [2.24, 2.45) is 5.92 Å². The van der Waals surface area contributed by atoms with Gasteiger partial charge in [0.2, 0.25) is 0 Å². The minimum Gasteiger partial charge on any atom is -0.207 e. The van der Waals surface area contributed by atoms with E-state index in [0.29, 0.717) is 17.9 Å². The predicted octanol–water partition coefficient (Wildman–Crippen LogP) is 4.39. The van der Waals surface area contributed by atoms with Crippen LogP contribution >= 0.6 is 27.5 Å². The largest absolute Gasteiger partial charge is 0.207 e. The van der Waals surface area contributed by atoms with Crippen LogP contribution in [0.2, 0.25) is 0 Å². The van der Waals surface area contributed by atoms with Crippen LogP contribution in [0, 0.1) is 11.7 Å². The Labute approximate surface area is 97.6 Å². The lowest BCUT2D eigenvalue weighted by Crippen LogP contribution is -2.12. The Balaban J connectivity index is 2.80. The first-order valence-electron chi connectivity index (χ1n) is 4.58. The molecule has 78 valence electrons. The molecule has 0 N–H and O–H groups in total. The molecule has 1 unspecified atom stereocenters. The van der Waals surface area contributed by atoms with Crippen LogP contribution in [0.3, 0.4) is 0 Å². The first kappa shape index (κ1) is 12.0. The molecule has 0 nitrogen and oxygen atoms in total. The third kappa shape index (κ3) is 3.25. The zero-order chi connectivity index (χ0) is 10.7. The van der Waals surface area contributed by atoms with Crippen LogP contribution in [0.5, 0.6) is 0 Å². The summed E-state index contributed by atoms with van der Waals surface area (Å²) in [6.45, 7) is 4.07. The Morgan fingerprint density at radius 1 is 1.43 bits per heavy atom. The second kappa shape index (κ2) is 5.13. The Morgan fingerprint density at radius 3 is 2.64 bits per heavy atom. The highest BCUT2D eigenvalue weighted by atomic mass is 79.9. The van der Waals surface area contributed by atoms with Crippen molar-refractivity contribution in [3.05, 3.63) is 34.1 Å². The lowest BCUT2D eigenvalue weighted by atomic mass is 10.0. The number of halogens is 3. The number of alkyl halides is 1. The predicted molar refractivity (Wildman–Crippen MR) is 62.3 cm³/mol. The molecule has 1 aromatic rings. The third-order valence-electron chi connectivity index (χ3n) is 2.15. The zero-order valence-electron chi connectivity index (χ0n) is 8.23. The van der Waals surface area contributed by atoms with Gasteiger partial charge in [-0.15, -0.1) is 11.6 Å². The minimum absolute atomic E-state index is 0.0150. The Kier molecular flexibility index (Phi) is 4.39. The summed E-state index contributed by atoms with van der Waals surface area (Å²) in [4.78, 5) is 0. The summed E-state index contributed by atoms with van der Waals surface area (Å²) in [5.41, 5.74) is 0.674. The average molecular weight is 280 g/mol. The van der Waals surface area contributed by atoms with E-state index < -0.39 is 0 Å². The van der Waals surface area contributed by atoms with Crippen LogP contribution in [0.15, 0.2) is 22.7 Å². The van der Waals surface area contributed by atoms with Gasteiger partial charge in [-0.1, -0.05) is 29.8 Å². The van der Waals surface area contributed by atoms with E-state index in [9.17, 15) is 4.39 Å². The van der Waals surface area contributed by atoms with Gasteiger partial charge in [-0.3, -0.25) is 0 Å². The molecular weight excluding hydrogens is 266 g/mol. The summed E-state index contributed by atoms with van der Waals surface area (Å²) in [6, 6.07) is 4.94. The van der Waals surface area contributed by atoms with Crippen molar-refractivity contribution in [1.29, 1.82) is 0 Å². The number of benzene rings is 1. The zero-order valence-corrected chi connectivity index (χ0v) is 10.6. The lowest BCUT2D eigenvalue weighted by molar-refractivity contribution is 0.564. The second-order valence-electron chi connectivity index (χ2n) is 3.70. The van der Waals surface area contributed by atoms with Crippen LogP contribution in [0.25, 0.3) is 0 Å². The van der Waals surface area contributed by atoms with Gasteiger partial charge < -0.3 is 0 Å². The van der Waals surface area contributed by atoms with Crippen molar-refractivity contribution in [3.63, 3.8) is 0 Å². The maximum Gasteiger partial charge on any atom is 0.126 e. The molecule has 0 amide bonds. The molecule has 3 heteroatoms. The van der Waals surface area contributed by atoms with E-state index in [-0.39, 0.29) is 11.2 Å². The fourth-order valence-corrected chi connectivity index (χ4v) is 1.72. The van der Waals surface area contributed by atoms with Crippen LogP contribution in [0.4, 0.5) is 4.39 Å². The molecule has 0 aliphatic rings. The van der Waals surface area contributed by atoms with Gasteiger partial charge in [0, 0.05) is 9.85 Å². The van der Waals surface area contributed by atoms with Gasteiger partial charge in [-0.05, 0) is 36.1 Å². The quantitative estimate of drug-likeness (QED) is 0.720. The van der Waals surface area contributed by atoms with Gasteiger partial charge in [-0.25, -0.2) is 4.39 Å². The Bertz CT molecular complexity index is 312. The van der Waals surface area contributed by atoms with Crippen molar-refractivity contribution >= 4 is 27.5 Å². The summed E-state index contributed by atoms with van der Waals surface area (Å²) in [5.74, 6) is 0.176. The summed E-state index contributed by atoms with van der Waals surface area (Å²) in [5, 5.41) is -0.0150. The molecule has 0 saturated heterocycles. The van der Waals surface area contributed by atoms with Crippen molar-refractivity contribution in [1.82, 2.24) is 0 Å². The molecule has 0 aliphatic heterocycles. The molecule has 0 spiro atoms. The normalized spacial score (nSPS) is 13.3. The van der Waals surface area contributed by atoms with Crippen molar-refractivity contribution in [3.8, 4) is 0 Å². The van der Waals surface area contributed by atoms with E-state index in [1.54, 1.807) is 12.1 Å². The van der Waals surface area contributed by atoms with Crippen molar-refractivity contribution < 1.29 is 4.39 Å². The van der Waals surface area contributed by atoms with Gasteiger partial charge >= 0.3 is 0 Å². The van der Waals surface area contributed by atoms with E-state index in [1.165, 1.54) is 6.07 Å². The molecule has 1 aromatic carbocycles. The summed E-state index contributed by atoms with van der Waals surface area (Å²) >= 11 is 9.41. The SMILES string of the molecule is CC(C)C(Cl)Cc1cc(Br)ccc1F. The molecule has 0 bridgehead atoms. The Morgan fingerprint density at radius 2 is 2.07 bits per heavy atom. The molecule has 0 heterocycles. The van der Waals surface area contributed by atoms with Crippen LogP contribution < -0.4 is 0 Å². The smallest absolute Gasteiger partial charge is 0.126 e. The molecule has 0 radical (unpaired) electrons. The van der Waals surface area contributed by atoms with Crippen LogP contribution in [-0.4, -0.2) is 5.38 Å². The molecule has 1 atom stereocenters. The third-order valence-corrected chi connectivity index (χ3v) is 3.30. The molecule has 1 rings (SSSR count). The van der Waals surface area contributed by atoms with E-state index in [2.05, 4.69) is 15.9 Å². The fraction of sp³-hybridized carbons (Fsp3) is 0.455. The molecule has 0 saturated carbocycles. The highest BCUT2D eigenvalue weighted by Crippen LogP contribution is 2.21.